The van der Waals surface area contributed by atoms with Gasteiger partial charge < -0.3 is 32.3 Å². The van der Waals surface area contributed by atoms with Gasteiger partial charge in [0.1, 0.15) is 12.2 Å². The van der Waals surface area contributed by atoms with Crippen molar-refractivity contribution in [3.8, 4) is 0 Å². The maximum absolute atomic E-state index is 12.8. The van der Waals surface area contributed by atoms with Gasteiger partial charge in [0.2, 0.25) is 0 Å². The fourth-order valence-electron chi connectivity index (χ4n) is 3.29. The molecule has 0 spiro atoms. The summed E-state index contributed by atoms with van der Waals surface area (Å²) in [4.78, 5) is 0. The summed E-state index contributed by atoms with van der Waals surface area (Å²) in [5.41, 5.74) is 0. The summed E-state index contributed by atoms with van der Waals surface area (Å²) in [7, 11) is -0.781. The summed E-state index contributed by atoms with van der Waals surface area (Å²) in [5.74, 6) is 0. The molecule has 9 nitrogen and oxygen atoms in total. The van der Waals surface area contributed by atoms with Crippen LogP contribution in [0, 0.1) is 0 Å². The average molecular weight is 426 g/mol. The molecule has 0 radical (unpaired) electrons. The lowest BCUT2D eigenvalue weighted by Gasteiger charge is -2.26. The molecule has 0 N–H and O–H groups in total. The number of ether oxygens (including phenoxy) is 3. The van der Waals surface area contributed by atoms with Gasteiger partial charge in [-0.15, -0.1) is 0 Å². The van der Waals surface area contributed by atoms with Gasteiger partial charge in [-0.3, -0.25) is 9.13 Å². The molecule has 2 rings (SSSR count). The van der Waals surface area contributed by atoms with E-state index in [4.69, 9.17) is 32.3 Å². The van der Waals surface area contributed by atoms with Gasteiger partial charge in [-0.2, -0.15) is 0 Å². The molecule has 13 heteroatoms. The van der Waals surface area contributed by atoms with Gasteiger partial charge >= 0.3 is 0 Å². The highest BCUT2D eigenvalue weighted by Gasteiger charge is 2.41. The van der Waals surface area contributed by atoms with Gasteiger partial charge in [-0.05, 0) is 13.8 Å². The first-order valence-electron chi connectivity index (χ1n) is 9.07. The molecule has 2 aliphatic rings. The van der Waals surface area contributed by atoms with E-state index in [-0.39, 0.29) is 31.0 Å². The smallest absolute Gasteiger partial charge is 0.271 e. The maximum Gasteiger partial charge on any atom is 0.271 e. The minimum Gasteiger partial charge on any atom is -0.382 e. The van der Waals surface area contributed by atoms with E-state index in [1.165, 1.54) is 22.2 Å². The van der Waals surface area contributed by atoms with E-state index in [9.17, 15) is 9.13 Å². The van der Waals surface area contributed by atoms with Crippen molar-refractivity contribution in [1.82, 2.24) is 0 Å². The van der Waals surface area contributed by atoms with Crippen LogP contribution in [-0.2, 0) is 41.4 Å². The van der Waals surface area contributed by atoms with Crippen molar-refractivity contribution in [2.75, 3.05) is 27.4 Å². The van der Waals surface area contributed by atoms with Gasteiger partial charge in [0.25, 0.3) is 30.1 Å². The van der Waals surface area contributed by atoms with E-state index >= 15 is 0 Å². The van der Waals surface area contributed by atoms with Crippen molar-refractivity contribution < 1.29 is 41.4 Å². The van der Waals surface area contributed by atoms with Gasteiger partial charge in [-0.25, -0.2) is 0 Å². The second kappa shape index (κ2) is 9.88. The summed E-state index contributed by atoms with van der Waals surface area (Å²) in [6, 6.07) is 0. The summed E-state index contributed by atoms with van der Waals surface area (Å²) < 4.78 is 63.3. The summed E-state index contributed by atoms with van der Waals surface area (Å²) >= 11 is 0. The molecular formula is C14H30B2O9P2. The molecule has 2 aliphatic heterocycles. The molecule has 27 heavy (non-hydrogen) atoms. The molecule has 2 fully saturated rings. The molecule has 0 aromatic carbocycles. The highest BCUT2D eigenvalue weighted by molar-refractivity contribution is 7.79. The summed E-state index contributed by atoms with van der Waals surface area (Å²) in [6.07, 6.45) is -0.546. The second-order valence-electron chi connectivity index (χ2n) is 7.21. The lowest BCUT2D eigenvalue weighted by atomic mass is 10.1. The molecule has 0 aromatic heterocycles. The zero-order chi connectivity index (χ0) is 20.2. The first kappa shape index (κ1) is 23.6. The molecule has 0 aliphatic carbocycles. The van der Waals surface area contributed by atoms with Crippen LogP contribution in [0.1, 0.15) is 26.7 Å². The van der Waals surface area contributed by atoms with Gasteiger partial charge in [-0.1, -0.05) is 0 Å². The lowest BCUT2D eigenvalue weighted by Crippen LogP contribution is -2.30. The van der Waals surface area contributed by atoms with E-state index in [0.29, 0.717) is 19.4 Å². The van der Waals surface area contributed by atoms with Crippen molar-refractivity contribution in [1.29, 1.82) is 0 Å². The predicted molar refractivity (Wildman–Crippen MR) is 105 cm³/mol. The standard InChI is InChI=1S/C14H30B2O9P2/c1-9-5-11(13(22-9)7-19-3)25-27(16,18)21-8-14-12(6-10(2)23-14)24-26(15,17)20-4/h9-14H,5-8,15-16H2,1-4H3/t9-,10-,11+,12+,13+,14+,26?,27?/m0/s1. The topological polar surface area (TPSA) is 98.8 Å². The number of rotatable bonds is 10. The maximum atomic E-state index is 12.8. The fraction of sp³-hybridized carbons (Fsp3) is 1.00. The van der Waals surface area contributed by atoms with Crippen LogP contribution in [0.2, 0.25) is 0 Å². The van der Waals surface area contributed by atoms with Gasteiger partial charge in [0, 0.05) is 27.1 Å². The summed E-state index contributed by atoms with van der Waals surface area (Å²) in [6.45, 7) is 4.18. The van der Waals surface area contributed by atoms with Crippen LogP contribution in [-0.4, -0.2) is 79.2 Å². The normalized spacial score (nSPS) is 38.5. The zero-order valence-electron chi connectivity index (χ0n) is 16.9. The Morgan fingerprint density at radius 1 is 0.889 bits per heavy atom. The monoisotopic (exact) mass is 426 g/mol. The Morgan fingerprint density at radius 2 is 1.37 bits per heavy atom. The highest BCUT2D eigenvalue weighted by atomic mass is 31.2. The minimum absolute atomic E-state index is 0.000289. The molecule has 156 valence electrons. The number of hydrogen-bond donors (Lipinski definition) is 0. The van der Waals surface area contributed by atoms with Crippen LogP contribution in [0.5, 0.6) is 0 Å². The third-order valence-electron chi connectivity index (χ3n) is 4.56. The molecule has 2 unspecified atom stereocenters. The van der Waals surface area contributed by atoms with E-state index in [2.05, 4.69) is 0 Å². The summed E-state index contributed by atoms with van der Waals surface area (Å²) in [5, 5.41) is 0. The van der Waals surface area contributed by atoms with Crippen molar-refractivity contribution in [2.45, 2.75) is 63.3 Å². The molecular weight excluding hydrogens is 396 g/mol. The predicted octanol–water partition coefficient (Wildman–Crippen LogP) is 0.903. The molecule has 2 heterocycles. The van der Waals surface area contributed by atoms with E-state index in [0.717, 1.165) is 0 Å². The Labute approximate surface area is 162 Å². The molecule has 2 saturated heterocycles. The molecule has 0 amide bonds. The van der Waals surface area contributed by atoms with Crippen LogP contribution >= 0.6 is 14.9 Å². The Bertz CT molecular complexity index is 581. The molecule has 8 atom stereocenters. The lowest BCUT2D eigenvalue weighted by molar-refractivity contribution is -0.0306. The minimum atomic E-state index is -3.36. The van der Waals surface area contributed by atoms with Crippen LogP contribution in [0.25, 0.3) is 0 Å². The van der Waals surface area contributed by atoms with Crippen molar-refractivity contribution in [3.05, 3.63) is 0 Å². The first-order chi connectivity index (χ1) is 12.5. The Kier molecular flexibility index (Phi) is 8.63. The van der Waals surface area contributed by atoms with Crippen molar-refractivity contribution in [3.63, 3.8) is 0 Å². The number of hydrogen-bond acceptors (Lipinski definition) is 9. The first-order valence-corrected chi connectivity index (χ1v) is 13.0. The third-order valence-corrected chi connectivity index (χ3v) is 7.15. The quantitative estimate of drug-likeness (QED) is 0.373. The number of methoxy groups -OCH3 is 1. The van der Waals surface area contributed by atoms with Crippen LogP contribution < -0.4 is 0 Å². The van der Waals surface area contributed by atoms with Crippen LogP contribution in [0.3, 0.4) is 0 Å². The Hall–Kier alpha value is 0.310. The van der Waals surface area contributed by atoms with Crippen molar-refractivity contribution in [2.24, 2.45) is 0 Å². The van der Waals surface area contributed by atoms with Crippen LogP contribution in [0.15, 0.2) is 0 Å². The van der Waals surface area contributed by atoms with E-state index < -0.39 is 27.2 Å². The van der Waals surface area contributed by atoms with E-state index in [1.54, 1.807) is 7.11 Å². The zero-order valence-corrected chi connectivity index (χ0v) is 18.7. The average Bonchev–Trinajstić information content (AvgIpc) is 3.07. The Balaban J connectivity index is 1.91. The molecule has 0 aromatic rings. The fourth-order valence-corrected chi connectivity index (χ4v) is 5.29. The van der Waals surface area contributed by atoms with Gasteiger partial charge in [0.05, 0.1) is 37.6 Å². The van der Waals surface area contributed by atoms with Crippen LogP contribution in [0.4, 0.5) is 0 Å². The third kappa shape index (κ3) is 7.25. The van der Waals surface area contributed by atoms with Crippen molar-refractivity contribution >= 4 is 30.1 Å². The highest BCUT2D eigenvalue weighted by Crippen LogP contribution is 2.49. The molecule has 0 saturated carbocycles. The molecule has 0 bridgehead atoms. The Morgan fingerprint density at radius 3 is 1.85 bits per heavy atom. The largest absolute Gasteiger partial charge is 0.382 e. The van der Waals surface area contributed by atoms with Gasteiger partial charge in [0.15, 0.2) is 0 Å². The second-order valence-corrected chi connectivity index (χ2v) is 11.3. The van der Waals surface area contributed by atoms with E-state index in [1.807, 2.05) is 13.8 Å². The SMILES string of the molecule is BP(=O)(OC)O[C@@H]1C[C@H](C)O[C@@H]1COP(B)(=O)O[C@@H]1C[C@H](C)O[C@@H]1COC.